The molecule has 0 spiro atoms. The van der Waals surface area contributed by atoms with Crippen LogP contribution in [0.1, 0.15) is 27.2 Å². The number of ketones is 1. The second-order valence-corrected chi connectivity index (χ2v) is 4.27. The minimum atomic E-state index is 0.310. The molecule has 0 aromatic rings. The van der Waals surface area contributed by atoms with Gasteiger partial charge >= 0.3 is 0 Å². The van der Waals surface area contributed by atoms with E-state index in [2.05, 4.69) is 11.9 Å². The number of Topliss-reactive ketones (excluding diaryl/α,β-unsaturated/α-hetero) is 1. The summed E-state index contributed by atoms with van der Waals surface area (Å²) < 4.78 is 0. The number of carbonyl (C=O) groups is 1. The van der Waals surface area contributed by atoms with Crippen molar-refractivity contribution in [1.82, 2.24) is 4.90 Å². The molecule has 0 bridgehead atoms. The van der Waals surface area contributed by atoms with Gasteiger partial charge < -0.3 is 4.90 Å². The highest BCUT2D eigenvalue weighted by Gasteiger charge is 2.19. The summed E-state index contributed by atoms with van der Waals surface area (Å²) in [5, 5.41) is 0. The Labute approximate surface area is 86.1 Å². The van der Waals surface area contributed by atoms with E-state index >= 15 is 0 Å². The maximum absolute atomic E-state index is 10.8. The summed E-state index contributed by atoms with van der Waals surface area (Å²) in [4.78, 5) is 13.1. The normalized spacial score (nSPS) is 23.2. The van der Waals surface area contributed by atoms with Crippen LogP contribution in [0.5, 0.6) is 0 Å². The van der Waals surface area contributed by atoms with Gasteiger partial charge in [-0.05, 0) is 14.0 Å². The lowest BCUT2D eigenvalue weighted by molar-refractivity contribution is -0.117. The molecule has 0 aromatic heterocycles. The standard InChI is InChI=1S/C8H15NOS.C2H6/c1-7(10)5-8-6-11-4-3-9(8)2;1-2/h8H,3-6H2,1-2H3;1-2H3. The molecule has 0 aromatic carbocycles. The van der Waals surface area contributed by atoms with Crippen molar-refractivity contribution in [1.29, 1.82) is 0 Å². The first-order valence-corrected chi connectivity index (χ1v) is 6.13. The molecular weight excluding hydrogens is 182 g/mol. The molecule has 0 amide bonds. The summed E-state index contributed by atoms with van der Waals surface area (Å²) in [6.07, 6.45) is 0.726. The van der Waals surface area contributed by atoms with Crippen molar-refractivity contribution >= 4 is 17.5 Å². The van der Waals surface area contributed by atoms with Crippen LogP contribution in [0, 0.1) is 0 Å². The Balaban J connectivity index is 0.000000671. The fraction of sp³-hybridized carbons (Fsp3) is 0.900. The third-order valence-electron chi connectivity index (χ3n) is 2.04. The molecule has 1 aliphatic rings. The maximum Gasteiger partial charge on any atom is 0.131 e. The maximum atomic E-state index is 10.8. The molecule has 1 fully saturated rings. The molecule has 1 saturated heterocycles. The van der Waals surface area contributed by atoms with Crippen molar-refractivity contribution in [2.75, 3.05) is 25.1 Å². The Morgan fingerprint density at radius 2 is 2.15 bits per heavy atom. The summed E-state index contributed by atoms with van der Waals surface area (Å²) in [5.74, 6) is 2.64. The van der Waals surface area contributed by atoms with Gasteiger partial charge in [-0.1, -0.05) is 13.8 Å². The highest BCUT2D eigenvalue weighted by Crippen LogP contribution is 2.16. The highest BCUT2D eigenvalue weighted by atomic mass is 32.2. The largest absolute Gasteiger partial charge is 0.301 e. The van der Waals surface area contributed by atoms with Crippen LogP contribution < -0.4 is 0 Å². The van der Waals surface area contributed by atoms with Gasteiger partial charge in [-0.15, -0.1) is 0 Å². The van der Waals surface area contributed by atoms with Gasteiger partial charge in [0.1, 0.15) is 5.78 Å². The lowest BCUT2D eigenvalue weighted by Gasteiger charge is -2.31. The van der Waals surface area contributed by atoms with E-state index in [1.165, 1.54) is 5.75 Å². The number of rotatable bonds is 2. The van der Waals surface area contributed by atoms with Crippen LogP contribution in [0.25, 0.3) is 0 Å². The molecule has 1 heterocycles. The molecule has 1 unspecified atom stereocenters. The van der Waals surface area contributed by atoms with Gasteiger partial charge in [0.05, 0.1) is 0 Å². The van der Waals surface area contributed by atoms with Gasteiger partial charge in [0.25, 0.3) is 0 Å². The zero-order valence-electron chi connectivity index (χ0n) is 9.17. The van der Waals surface area contributed by atoms with Crippen LogP contribution in [-0.2, 0) is 4.79 Å². The van der Waals surface area contributed by atoms with E-state index < -0.39 is 0 Å². The Morgan fingerprint density at radius 1 is 1.54 bits per heavy atom. The summed E-state index contributed by atoms with van der Waals surface area (Å²) in [7, 11) is 2.10. The Morgan fingerprint density at radius 3 is 2.62 bits per heavy atom. The fourth-order valence-electron chi connectivity index (χ4n) is 1.28. The van der Waals surface area contributed by atoms with Crippen LogP contribution in [-0.4, -0.2) is 41.8 Å². The minimum Gasteiger partial charge on any atom is -0.301 e. The molecule has 0 aliphatic carbocycles. The Kier molecular flexibility index (Phi) is 7.38. The number of hydrogen-bond acceptors (Lipinski definition) is 3. The monoisotopic (exact) mass is 203 g/mol. The number of hydrogen-bond donors (Lipinski definition) is 0. The van der Waals surface area contributed by atoms with Crippen LogP contribution >= 0.6 is 11.8 Å². The molecule has 2 nitrogen and oxygen atoms in total. The quantitative estimate of drug-likeness (QED) is 0.685. The average Bonchev–Trinajstić information content (AvgIpc) is 2.12. The minimum absolute atomic E-state index is 0.310. The van der Waals surface area contributed by atoms with Gasteiger partial charge in [-0.25, -0.2) is 0 Å². The van der Waals surface area contributed by atoms with Crippen molar-refractivity contribution in [3.8, 4) is 0 Å². The van der Waals surface area contributed by atoms with Crippen molar-refractivity contribution in [3.63, 3.8) is 0 Å². The highest BCUT2D eigenvalue weighted by molar-refractivity contribution is 7.99. The predicted molar refractivity (Wildman–Crippen MR) is 60.4 cm³/mol. The first-order valence-electron chi connectivity index (χ1n) is 4.97. The first-order chi connectivity index (χ1) is 6.20. The predicted octanol–water partition coefficient (Wildman–Crippen LogP) is 2.04. The molecule has 3 heteroatoms. The molecule has 1 rings (SSSR count). The molecule has 13 heavy (non-hydrogen) atoms. The van der Waals surface area contributed by atoms with E-state index in [9.17, 15) is 4.79 Å². The second kappa shape index (κ2) is 7.39. The van der Waals surface area contributed by atoms with Gasteiger partial charge in [0, 0.05) is 30.5 Å². The molecule has 1 atom stereocenters. The van der Waals surface area contributed by atoms with E-state index in [-0.39, 0.29) is 0 Å². The lowest BCUT2D eigenvalue weighted by Crippen LogP contribution is -2.40. The molecular formula is C10H21NOS. The summed E-state index contributed by atoms with van der Waals surface area (Å²) in [5.41, 5.74) is 0. The third kappa shape index (κ3) is 5.32. The van der Waals surface area contributed by atoms with E-state index in [0.29, 0.717) is 11.8 Å². The molecule has 0 radical (unpaired) electrons. The van der Waals surface area contributed by atoms with Crippen LogP contribution in [0.4, 0.5) is 0 Å². The molecule has 0 N–H and O–H groups in total. The summed E-state index contributed by atoms with van der Waals surface area (Å²) in [6, 6.07) is 0.492. The Bertz CT molecular complexity index is 150. The number of carbonyl (C=O) groups excluding carboxylic acids is 1. The van der Waals surface area contributed by atoms with Gasteiger partial charge in [-0.3, -0.25) is 4.79 Å². The number of thioether (sulfide) groups is 1. The molecule has 78 valence electrons. The van der Waals surface area contributed by atoms with Gasteiger partial charge in [-0.2, -0.15) is 11.8 Å². The zero-order chi connectivity index (χ0) is 10.3. The topological polar surface area (TPSA) is 20.3 Å². The van der Waals surface area contributed by atoms with Crippen molar-refractivity contribution in [3.05, 3.63) is 0 Å². The Hall–Kier alpha value is -0.0200. The van der Waals surface area contributed by atoms with Crippen molar-refractivity contribution in [2.45, 2.75) is 33.2 Å². The van der Waals surface area contributed by atoms with Crippen LogP contribution in [0.15, 0.2) is 0 Å². The lowest BCUT2D eigenvalue weighted by atomic mass is 10.1. The second-order valence-electron chi connectivity index (χ2n) is 3.12. The third-order valence-corrected chi connectivity index (χ3v) is 3.14. The van der Waals surface area contributed by atoms with E-state index in [1.807, 2.05) is 25.6 Å². The molecule has 0 saturated carbocycles. The van der Waals surface area contributed by atoms with Crippen LogP contribution in [0.2, 0.25) is 0 Å². The summed E-state index contributed by atoms with van der Waals surface area (Å²) in [6.45, 7) is 6.80. The first kappa shape index (κ1) is 13.0. The SMILES string of the molecule is CC.CC(=O)CC1CSCCN1C. The summed E-state index contributed by atoms with van der Waals surface area (Å²) >= 11 is 1.95. The van der Waals surface area contributed by atoms with Gasteiger partial charge in [0.15, 0.2) is 0 Å². The fourth-order valence-corrected chi connectivity index (χ4v) is 2.51. The van der Waals surface area contributed by atoms with E-state index in [0.717, 1.165) is 18.7 Å². The van der Waals surface area contributed by atoms with E-state index in [1.54, 1.807) is 6.92 Å². The van der Waals surface area contributed by atoms with Crippen LogP contribution in [0.3, 0.4) is 0 Å². The smallest absolute Gasteiger partial charge is 0.131 e. The molecule has 1 aliphatic heterocycles. The van der Waals surface area contributed by atoms with E-state index in [4.69, 9.17) is 0 Å². The van der Waals surface area contributed by atoms with Crippen molar-refractivity contribution in [2.24, 2.45) is 0 Å². The van der Waals surface area contributed by atoms with Gasteiger partial charge in [0.2, 0.25) is 0 Å². The number of nitrogens with zero attached hydrogens (tertiary/aromatic N) is 1. The zero-order valence-corrected chi connectivity index (χ0v) is 9.99. The average molecular weight is 203 g/mol. The van der Waals surface area contributed by atoms with Crippen molar-refractivity contribution < 1.29 is 4.79 Å².